The van der Waals surface area contributed by atoms with Gasteiger partial charge >= 0.3 is 0 Å². The first-order valence-corrected chi connectivity index (χ1v) is 10.5. The van der Waals surface area contributed by atoms with Crippen molar-refractivity contribution in [2.24, 2.45) is 4.99 Å². The highest BCUT2D eigenvalue weighted by Gasteiger charge is 2.16. The molecular weight excluding hydrogens is 499 g/mol. The van der Waals surface area contributed by atoms with Crippen LogP contribution in [0.5, 0.6) is 0 Å². The molecule has 2 aromatic rings. The molecule has 1 aromatic carbocycles. The first-order valence-electron chi connectivity index (χ1n) is 9.66. The standard InChI is InChI=1S/C20H28N6OS.HI/c1-3-17-13-24-19(28-17)8-9-23-20(21-2)25-12-15-4-6-16(7-5-15)26-11-10-22-18(27)14-26;/h4-7,13H,3,8-12,14H2,1-2H3,(H,22,27)(H2,21,23,25);1H. The monoisotopic (exact) mass is 528 g/mol. The lowest BCUT2D eigenvalue weighted by Crippen LogP contribution is -2.47. The van der Waals surface area contributed by atoms with Crippen LogP contribution in [0.2, 0.25) is 0 Å². The molecule has 7 nitrogen and oxygen atoms in total. The van der Waals surface area contributed by atoms with Crippen LogP contribution in [-0.2, 0) is 24.2 Å². The summed E-state index contributed by atoms with van der Waals surface area (Å²) >= 11 is 1.78. The fraction of sp³-hybridized carbons (Fsp3) is 0.450. The number of halogens is 1. The van der Waals surface area contributed by atoms with Crippen LogP contribution < -0.4 is 20.9 Å². The van der Waals surface area contributed by atoms with Crippen LogP contribution in [0.25, 0.3) is 0 Å². The molecule has 1 aliphatic rings. The summed E-state index contributed by atoms with van der Waals surface area (Å²) < 4.78 is 0. The molecule has 3 rings (SSSR count). The van der Waals surface area contributed by atoms with E-state index in [1.807, 2.05) is 6.20 Å². The number of aromatic nitrogens is 1. The minimum atomic E-state index is 0. The Labute approximate surface area is 193 Å². The second kappa shape index (κ2) is 12.0. The number of guanidine groups is 1. The van der Waals surface area contributed by atoms with Gasteiger partial charge in [0.05, 0.1) is 11.6 Å². The van der Waals surface area contributed by atoms with E-state index >= 15 is 0 Å². The Morgan fingerprint density at radius 1 is 1.31 bits per heavy atom. The van der Waals surface area contributed by atoms with Crippen molar-refractivity contribution >= 4 is 52.9 Å². The number of piperazine rings is 1. The molecule has 0 atom stereocenters. The van der Waals surface area contributed by atoms with E-state index in [9.17, 15) is 4.79 Å². The molecule has 0 saturated carbocycles. The number of carbonyl (C=O) groups excluding carboxylic acids is 1. The molecule has 2 heterocycles. The molecule has 0 spiro atoms. The highest BCUT2D eigenvalue weighted by atomic mass is 127. The minimum absolute atomic E-state index is 0. The second-order valence-electron chi connectivity index (χ2n) is 6.61. The Hall–Kier alpha value is -1.88. The molecule has 1 aromatic heterocycles. The number of carbonyl (C=O) groups is 1. The van der Waals surface area contributed by atoms with Crippen molar-refractivity contribution in [3.8, 4) is 0 Å². The number of anilines is 1. The summed E-state index contributed by atoms with van der Waals surface area (Å²) in [5.74, 6) is 0.861. The van der Waals surface area contributed by atoms with Crippen molar-refractivity contribution < 1.29 is 4.79 Å². The number of rotatable bonds is 7. The normalized spacial score (nSPS) is 14.2. The quantitative estimate of drug-likeness (QED) is 0.292. The van der Waals surface area contributed by atoms with E-state index in [1.165, 1.54) is 10.4 Å². The summed E-state index contributed by atoms with van der Waals surface area (Å²) in [6.45, 7) is 5.61. The van der Waals surface area contributed by atoms with Gasteiger partial charge in [-0.25, -0.2) is 4.98 Å². The van der Waals surface area contributed by atoms with Gasteiger partial charge in [-0.05, 0) is 24.1 Å². The van der Waals surface area contributed by atoms with Crippen LogP contribution in [0, 0.1) is 0 Å². The molecular formula is C20H29IN6OS. The molecule has 0 unspecified atom stereocenters. The topological polar surface area (TPSA) is 81.7 Å². The molecule has 1 aliphatic heterocycles. The van der Waals surface area contributed by atoms with Gasteiger partial charge in [0, 0.05) is 56.4 Å². The van der Waals surface area contributed by atoms with Gasteiger partial charge in [-0.15, -0.1) is 35.3 Å². The fourth-order valence-corrected chi connectivity index (χ4v) is 3.87. The first-order chi connectivity index (χ1) is 13.7. The maximum atomic E-state index is 11.5. The van der Waals surface area contributed by atoms with Crippen LogP contribution in [-0.4, -0.2) is 50.1 Å². The van der Waals surface area contributed by atoms with Crippen LogP contribution in [0.3, 0.4) is 0 Å². The van der Waals surface area contributed by atoms with Crippen LogP contribution in [0.4, 0.5) is 5.69 Å². The average Bonchev–Trinajstić information content (AvgIpc) is 3.19. The Bertz CT molecular complexity index is 808. The number of nitrogens with one attached hydrogen (secondary N) is 3. The molecule has 158 valence electrons. The predicted molar refractivity (Wildman–Crippen MR) is 130 cm³/mol. The van der Waals surface area contributed by atoms with Gasteiger partial charge in [-0.3, -0.25) is 9.79 Å². The summed E-state index contributed by atoms with van der Waals surface area (Å²) in [6, 6.07) is 8.31. The van der Waals surface area contributed by atoms with Crippen LogP contribution in [0.1, 0.15) is 22.4 Å². The molecule has 1 amide bonds. The Kier molecular flexibility index (Phi) is 9.65. The highest BCUT2D eigenvalue weighted by molar-refractivity contribution is 14.0. The number of benzene rings is 1. The summed E-state index contributed by atoms with van der Waals surface area (Å²) in [6.07, 6.45) is 3.90. The summed E-state index contributed by atoms with van der Waals surface area (Å²) in [4.78, 5) is 23.7. The molecule has 29 heavy (non-hydrogen) atoms. The maximum absolute atomic E-state index is 11.5. The number of aliphatic imine (C=N–C) groups is 1. The van der Waals surface area contributed by atoms with Crippen molar-refractivity contribution in [2.45, 2.75) is 26.3 Å². The first kappa shape index (κ1) is 23.4. The van der Waals surface area contributed by atoms with Crippen LogP contribution in [0.15, 0.2) is 35.5 Å². The lowest BCUT2D eigenvalue weighted by atomic mass is 10.2. The Morgan fingerprint density at radius 3 is 2.76 bits per heavy atom. The maximum Gasteiger partial charge on any atom is 0.239 e. The lowest BCUT2D eigenvalue weighted by Gasteiger charge is -2.28. The molecule has 0 radical (unpaired) electrons. The summed E-state index contributed by atoms with van der Waals surface area (Å²) in [5, 5.41) is 10.7. The second-order valence-corrected chi connectivity index (χ2v) is 7.81. The molecule has 3 N–H and O–H groups in total. The van der Waals surface area contributed by atoms with Gasteiger partial charge in [0.1, 0.15) is 0 Å². The van der Waals surface area contributed by atoms with Crippen molar-refractivity contribution in [3.63, 3.8) is 0 Å². The zero-order chi connectivity index (χ0) is 19.8. The van der Waals surface area contributed by atoms with E-state index < -0.39 is 0 Å². The number of aryl methyl sites for hydroxylation is 1. The smallest absolute Gasteiger partial charge is 0.239 e. The predicted octanol–water partition coefficient (Wildman–Crippen LogP) is 2.17. The molecule has 1 fully saturated rings. The van der Waals surface area contributed by atoms with Crippen molar-refractivity contribution in [2.75, 3.05) is 38.1 Å². The fourth-order valence-electron chi connectivity index (χ4n) is 3.00. The van der Waals surface area contributed by atoms with Crippen LogP contribution >= 0.6 is 35.3 Å². The Balaban J connectivity index is 0.00000300. The third-order valence-electron chi connectivity index (χ3n) is 4.60. The zero-order valence-electron chi connectivity index (χ0n) is 16.9. The van der Waals surface area contributed by atoms with Gasteiger partial charge in [0.2, 0.25) is 5.91 Å². The summed E-state index contributed by atoms with van der Waals surface area (Å²) in [7, 11) is 1.78. The minimum Gasteiger partial charge on any atom is -0.360 e. The lowest BCUT2D eigenvalue weighted by molar-refractivity contribution is -0.120. The molecule has 1 saturated heterocycles. The van der Waals surface area contributed by atoms with Crippen molar-refractivity contribution in [1.82, 2.24) is 20.9 Å². The number of hydrogen-bond acceptors (Lipinski definition) is 5. The number of nitrogens with zero attached hydrogens (tertiary/aromatic N) is 3. The van der Waals surface area contributed by atoms with E-state index in [1.54, 1.807) is 18.4 Å². The SMILES string of the molecule is CCc1cnc(CCNC(=NC)NCc2ccc(N3CCNC(=O)C3)cc2)s1.I. The van der Waals surface area contributed by atoms with Gasteiger partial charge in [-0.2, -0.15) is 0 Å². The van der Waals surface area contributed by atoms with Crippen molar-refractivity contribution in [3.05, 3.63) is 45.9 Å². The van der Waals surface area contributed by atoms with E-state index in [0.29, 0.717) is 19.6 Å². The third-order valence-corrected chi connectivity index (χ3v) is 5.81. The Morgan fingerprint density at radius 2 is 2.10 bits per heavy atom. The largest absolute Gasteiger partial charge is 0.360 e. The molecule has 0 aliphatic carbocycles. The van der Waals surface area contributed by atoms with Crippen molar-refractivity contribution in [1.29, 1.82) is 0 Å². The van der Waals surface area contributed by atoms with E-state index in [0.717, 1.165) is 42.6 Å². The van der Waals surface area contributed by atoms with Gasteiger partial charge < -0.3 is 20.9 Å². The number of amides is 1. The number of thiazole rings is 1. The van der Waals surface area contributed by atoms with Gasteiger partial charge in [0.15, 0.2) is 5.96 Å². The molecule has 9 heteroatoms. The average molecular weight is 528 g/mol. The zero-order valence-corrected chi connectivity index (χ0v) is 20.0. The number of hydrogen-bond donors (Lipinski definition) is 3. The van der Waals surface area contributed by atoms with Gasteiger partial charge in [-0.1, -0.05) is 19.1 Å². The third kappa shape index (κ3) is 7.14. The van der Waals surface area contributed by atoms with Gasteiger partial charge in [0.25, 0.3) is 0 Å². The highest BCUT2D eigenvalue weighted by Crippen LogP contribution is 2.16. The molecule has 0 bridgehead atoms. The van der Waals surface area contributed by atoms with E-state index in [4.69, 9.17) is 0 Å². The van der Waals surface area contributed by atoms with E-state index in [2.05, 4.69) is 62.0 Å². The van der Waals surface area contributed by atoms with E-state index in [-0.39, 0.29) is 29.9 Å². The summed E-state index contributed by atoms with van der Waals surface area (Å²) in [5.41, 5.74) is 2.25.